The maximum Gasteiger partial charge on any atom is 0.323 e. The van der Waals surface area contributed by atoms with E-state index in [1.807, 2.05) is 18.2 Å². The van der Waals surface area contributed by atoms with Crippen LogP contribution in [-0.4, -0.2) is 35.6 Å². The second kappa shape index (κ2) is 8.00. The number of aliphatic carboxylic acids is 1. The van der Waals surface area contributed by atoms with Crippen molar-refractivity contribution >= 4 is 23.5 Å². The van der Waals surface area contributed by atoms with Crippen molar-refractivity contribution in [3.8, 4) is 0 Å². The Bertz CT molecular complexity index is 507. The zero-order valence-electron chi connectivity index (χ0n) is 12.3. The zero-order chi connectivity index (χ0) is 15.9. The fraction of sp³-hybridized carbons (Fsp3) is 0.467. The van der Waals surface area contributed by atoms with Crippen molar-refractivity contribution in [1.82, 2.24) is 10.6 Å². The molecule has 1 aromatic carbocycles. The second-order valence-corrected chi connectivity index (χ2v) is 5.51. The monoisotopic (exact) mass is 312 g/mol. The van der Waals surface area contributed by atoms with E-state index >= 15 is 0 Å². The van der Waals surface area contributed by atoms with Crippen molar-refractivity contribution in [2.45, 2.75) is 32.2 Å². The Morgan fingerprint density at radius 1 is 1.38 bits per heavy atom. The van der Waals surface area contributed by atoms with Gasteiger partial charge in [0.15, 0.2) is 0 Å². The third-order valence-corrected chi connectivity index (χ3v) is 3.68. The zero-order valence-corrected chi connectivity index (χ0v) is 13.0. The van der Waals surface area contributed by atoms with Crippen LogP contribution in [0.1, 0.15) is 25.8 Å². The number of halogens is 1. The van der Waals surface area contributed by atoms with E-state index in [1.54, 1.807) is 19.9 Å². The molecule has 0 heterocycles. The SMILES string of the molecule is CCC(C)(NCC(=O)NCCc1cccc(Cl)c1)C(=O)O. The molecule has 0 aromatic heterocycles. The normalized spacial score (nSPS) is 13.5. The average molecular weight is 313 g/mol. The summed E-state index contributed by atoms with van der Waals surface area (Å²) in [5, 5.41) is 15.3. The Morgan fingerprint density at radius 2 is 2.10 bits per heavy atom. The molecule has 1 aromatic rings. The van der Waals surface area contributed by atoms with Crippen LogP contribution in [0, 0.1) is 0 Å². The van der Waals surface area contributed by atoms with Crippen molar-refractivity contribution in [2.75, 3.05) is 13.1 Å². The predicted molar refractivity (Wildman–Crippen MR) is 82.5 cm³/mol. The van der Waals surface area contributed by atoms with Crippen LogP contribution in [0.2, 0.25) is 5.02 Å². The van der Waals surface area contributed by atoms with Crippen molar-refractivity contribution in [1.29, 1.82) is 0 Å². The van der Waals surface area contributed by atoms with Gasteiger partial charge in [-0.2, -0.15) is 0 Å². The molecule has 116 valence electrons. The molecule has 0 saturated heterocycles. The lowest BCUT2D eigenvalue weighted by Crippen LogP contribution is -2.52. The molecule has 3 N–H and O–H groups in total. The Balaban J connectivity index is 2.33. The molecular formula is C15H21ClN2O3. The lowest BCUT2D eigenvalue weighted by Gasteiger charge is -2.24. The number of hydrogen-bond acceptors (Lipinski definition) is 3. The number of carboxylic acids is 1. The van der Waals surface area contributed by atoms with Gasteiger partial charge in [0.25, 0.3) is 0 Å². The van der Waals surface area contributed by atoms with Gasteiger partial charge in [-0.1, -0.05) is 30.7 Å². The minimum atomic E-state index is -1.08. The number of carbonyl (C=O) groups excluding carboxylic acids is 1. The summed E-state index contributed by atoms with van der Waals surface area (Å²) in [7, 11) is 0. The van der Waals surface area contributed by atoms with Gasteiger partial charge in [0, 0.05) is 11.6 Å². The minimum absolute atomic E-state index is 0.0216. The lowest BCUT2D eigenvalue weighted by atomic mass is 9.99. The van der Waals surface area contributed by atoms with Crippen LogP contribution < -0.4 is 10.6 Å². The molecule has 1 amide bonds. The van der Waals surface area contributed by atoms with Gasteiger partial charge in [0.1, 0.15) is 5.54 Å². The molecule has 0 saturated carbocycles. The molecule has 1 rings (SSSR count). The van der Waals surface area contributed by atoms with Gasteiger partial charge in [0.05, 0.1) is 6.54 Å². The summed E-state index contributed by atoms with van der Waals surface area (Å²) in [5.41, 5.74) is -0.0377. The van der Waals surface area contributed by atoms with Crippen molar-refractivity contribution in [3.63, 3.8) is 0 Å². The molecule has 0 aliphatic rings. The number of nitrogens with one attached hydrogen (secondary N) is 2. The van der Waals surface area contributed by atoms with Gasteiger partial charge in [0.2, 0.25) is 5.91 Å². The summed E-state index contributed by atoms with van der Waals surface area (Å²) in [6, 6.07) is 7.45. The van der Waals surface area contributed by atoms with Gasteiger partial charge in [-0.15, -0.1) is 0 Å². The highest BCUT2D eigenvalue weighted by atomic mass is 35.5. The lowest BCUT2D eigenvalue weighted by molar-refractivity contribution is -0.144. The molecule has 1 unspecified atom stereocenters. The number of benzene rings is 1. The number of hydrogen-bond donors (Lipinski definition) is 3. The summed E-state index contributed by atoms with van der Waals surface area (Å²) in [6.45, 7) is 3.79. The summed E-state index contributed by atoms with van der Waals surface area (Å²) < 4.78 is 0. The summed E-state index contributed by atoms with van der Waals surface area (Å²) >= 11 is 5.88. The van der Waals surface area contributed by atoms with Crippen molar-refractivity contribution in [3.05, 3.63) is 34.9 Å². The number of carboxylic acid groups (broad SMARTS) is 1. The third-order valence-electron chi connectivity index (χ3n) is 3.44. The maximum atomic E-state index is 11.7. The first-order chi connectivity index (χ1) is 9.87. The fourth-order valence-electron chi connectivity index (χ4n) is 1.73. The van der Waals surface area contributed by atoms with Gasteiger partial charge in [-0.3, -0.25) is 14.9 Å². The molecular weight excluding hydrogens is 292 g/mol. The quantitative estimate of drug-likeness (QED) is 0.684. The fourth-order valence-corrected chi connectivity index (χ4v) is 1.94. The third kappa shape index (κ3) is 5.73. The summed E-state index contributed by atoms with van der Waals surface area (Å²) in [6.07, 6.45) is 1.08. The van der Waals surface area contributed by atoms with Gasteiger partial charge in [-0.25, -0.2) is 0 Å². The van der Waals surface area contributed by atoms with Crippen LogP contribution in [0.15, 0.2) is 24.3 Å². The van der Waals surface area contributed by atoms with Gasteiger partial charge >= 0.3 is 5.97 Å². The standard InChI is InChI=1S/C15H21ClN2O3/c1-3-15(2,14(20)21)18-10-13(19)17-8-7-11-5-4-6-12(16)9-11/h4-6,9,18H,3,7-8,10H2,1-2H3,(H,17,19)(H,20,21). The smallest absolute Gasteiger partial charge is 0.323 e. The first kappa shape index (κ1) is 17.5. The van der Waals surface area contributed by atoms with Gasteiger partial charge < -0.3 is 10.4 Å². The number of amides is 1. The summed E-state index contributed by atoms with van der Waals surface area (Å²) in [5.74, 6) is -1.19. The average Bonchev–Trinajstić information content (AvgIpc) is 2.44. The number of rotatable bonds is 8. The van der Waals surface area contributed by atoms with E-state index in [1.165, 1.54) is 0 Å². The molecule has 0 radical (unpaired) electrons. The largest absolute Gasteiger partial charge is 0.480 e. The first-order valence-corrected chi connectivity index (χ1v) is 7.25. The Kier molecular flexibility index (Phi) is 6.65. The van der Waals surface area contributed by atoms with Crippen molar-refractivity contribution in [2.24, 2.45) is 0 Å². The Morgan fingerprint density at radius 3 is 2.67 bits per heavy atom. The molecule has 1 atom stereocenters. The molecule has 0 fully saturated rings. The van der Waals surface area contributed by atoms with Crippen LogP contribution in [0.25, 0.3) is 0 Å². The van der Waals surface area contributed by atoms with E-state index in [9.17, 15) is 9.59 Å². The van der Waals surface area contributed by atoms with Crippen molar-refractivity contribution < 1.29 is 14.7 Å². The maximum absolute atomic E-state index is 11.7. The van der Waals surface area contributed by atoms with E-state index in [0.717, 1.165) is 5.56 Å². The molecule has 21 heavy (non-hydrogen) atoms. The van der Waals surface area contributed by atoms with E-state index in [2.05, 4.69) is 10.6 Å². The Hall–Kier alpha value is -1.59. The van der Waals surface area contributed by atoms with Gasteiger partial charge in [-0.05, 0) is 37.5 Å². The topological polar surface area (TPSA) is 78.4 Å². The first-order valence-electron chi connectivity index (χ1n) is 6.87. The molecule has 5 nitrogen and oxygen atoms in total. The van der Waals surface area contributed by atoms with E-state index < -0.39 is 11.5 Å². The number of carbonyl (C=O) groups is 2. The molecule has 0 aliphatic carbocycles. The Labute approximate surface area is 129 Å². The minimum Gasteiger partial charge on any atom is -0.480 e. The molecule has 0 aliphatic heterocycles. The molecule has 6 heteroatoms. The highest BCUT2D eigenvalue weighted by molar-refractivity contribution is 6.30. The van der Waals surface area contributed by atoms with Crippen LogP contribution in [-0.2, 0) is 16.0 Å². The van der Waals surface area contributed by atoms with Crippen LogP contribution >= 0.6 is 11.6 Å². The molecule has 0 spiro atoms. The highest BCUT2D eigenvalue weighted by Gasteiger charge is 2.30. The predicted octanol–water partition coefficient (Wildman–Crippen LogP) is 1.84. The van der Waals surface area contributed by atoms with E-state index in [0.29, 0.717) is 24.4 Å². The van der Waals surface area contributed by atoms with E-state index in [-0.39, 0.29) is 12.5 Å². The highest BCUT2D eigenvalue weighted by Crippen LogP contribution is 2.10. The molecule has 0 bridgehead atoms. The second-order valence-electron chi connectivity index (χ2n) is 5.07. The van der Waals surface area contributed by atoms with Crippen LogP contribution in [0.3, 0.4) is 0 Å². The van der Waals surface area contributed by atoms with Crippen LogP contribution in [0.4, 0.5) is 0 Å². The van der Waals surface area contributed by atoms with E-state index in [4.69, 9.17) is 16.7 Å². The van der Waals surface area contributed by atoms with Crippen LogP contribution in [0.5, 0.6) is 0 Å². The summed E-state index contributed by atoms with van der Waals surface area (Å²) in [4.78, 5) is 22.8.